The molecule has 1 unspecified atom stereocenters. The number of carboxylic acid groups (broad SMARTS) is 1. The lowest BCUT2D eigenvalue weighted by atomic mass is 10.1. The number of carboxylic acids is 1. The topological polar surface area (TPSA) is 189 Å². The summed E-state index contributed by atoms with van der Waals surface area (Å²) in [5.74, 6) is -4.06. The summed E-state index contributed by atoms with van der Waals surface area (Å²) in [5.41, 5.74) is 6.96. The SMILES string of the molecule is COCCS(=O)(=O)c1ccc(C(C)NC(=O)CC(=O)Nc2ccc(C(=N)N)cc2)cc1Cl.O=C(O)C(F)(F)F. The Morgan fingerprint density at radius 2 is 1.69 bits per heavy atom. The first-order chi connectivity index (χ1) is 18.0. The van der Waals surface area contributed by atoms with Gasteiger partial charge in [0, 0.05) is 18.4 Å². The van der Waals surface area contributed by atoms with E-state index in [0.29, 0.717) is 16.8 Å². The van der Waals surface area contributed by atoms with Gasteiger partial charge >= 0.3 is 12.1 Å². The van der Waals surface area contributed by atoms with Gasteiger partial charge in [0.15, 0.2) is 9.84 Å². The van der Waals surface area contributed by atoms with Crippen LogP contribution in [0.1, 0.15) is 30.5 Å². The standard InChI is InChI=1S/C21H25ClN4O5S.C2HF3O2/c1-13(15-5-8-18(17(22)11-15)32(29,30)10-9-31-2)25-19(27)12-20(28)26-16-6-3-14(4-7-16)21(23)24;3-2(4,5)1(6)7/h3-8,11,13H,9-10,12H2,1-2H3,(H3,23,24)(H,25,27)(H,26,28);(H,6,7). The van der Waals surface area contributed by atoms with E-state index in [1.807, 2.05) is 0 Å². The summed E-state index contributed by atoms with van der Waals surface area (Å²) in [5, 5.41) is 19.8. The van der Waals surface area contributed by atoms with Crippen LogP contribution in [-0.2, 0) is 29.0 Å². The Hall–Kier alpha value is -3.69. The van der Waals surface area contributed by atoms with Crippen molar-refractivity contribution in [1.82, 2.24) is 5.32 Å². The lowest BCUT2D eigenvalue weighted by Crippen LogP contribution is -2.30. The van der Waals surface area contributed by atoms with Crippen LogP contribution in [0.25, 0.3) is 0 Å². The van der Waals surface area contributed by atoms with Crippen molar-refractivity contribution in [3.05, 3.63) is 58.6 Å². The van der Waals surface area contributed by atoms with E-state index < -0.39 is 46.3 Å². The first kappa shape index (κ1) is 33.3. The van der Waals surface area contributed by atoms with Gasteiger partial charge in [0.1, 0.15) is 12.3 Å². The number of nitrogens with one attached hydrogen (secondary N) is 3. The summed E-state index contributed by atoms with van der Waals surface area (Å²) < 4.78 is 61.1. The smallest absolute Gasteiger partial charge is 0.475 e. The number of alkyl halides is 3. The second-order valence-corrected chi connectivity index (χ2v) is 10.3. The Bertz CT molecular complexity index is 1300. The molecule has 214 valence electrons. The highest BCUT2D eigenvalue weighted by Crippen LogP contribution is 2.26. The largest absolute Gasteiger partial charge is 0.490 e. The number of methoxy groups -OCH3 is 1. The molecule has 39 heavy (non-hydrogen) atoms. The van der Waals surface area contributed by atoms with Crippen LogP contribution in [-0.4, -0.2) is 62.8 Å². The van der Waals surface area contributed by atoms with E-state index >= 15 is 0 Å². The summed E-state index contributed by atoms with van der Waals surface area (Å²) in [4.78, 5) is 33.2. The van der Waals surface area contributed by atoms with Gasteiger partial charge in [-0.2, -0.15) is 13.2 Å². The number of carbonyl (C=O) groups excluding carboxylic acids is 2. The van der Waals surface area contributed by atoms with Gasteiger partial charge in [0.05, 0.1) is 28.3 Å². The minimum atomic E-state index is -5.08. The van der Waals surface area contributed by atoms with Crippen molar-refractivity contribution in [2.75, 3.05) is 24.8 Å². The first-order valence-electron chi connectivity index (χ1n) is 10.8. The molecule has 0 saturated heterocycles. The Kier molecular flexibility index (Phi) is 12.4. The fourth-order valence-corrected chi connectivity index (χ4v) is 4.58. The number of nitrogen functional groups attached to an aromatic ring is 1. The third-order valence-corrected chi connectivity index (χ3v) is 6.92. The Balaban J connectivity index is 0.000000956. The van der Waals surface area contributed by atoms with Gasteiger partial charge in [-0.25, -0.2) is 13.2 Å². The van der Waals surface area contributed by atoms with Gasteiger partial charge in [0.2, 0.25) is 11.8 Å². The lowest BCUT2D eigenvalue weighted by Gasteiger charge is -2.16. The molecule has 11 nitrogen and oxygen atoms in total. The number of carbonyl (C=O) groups is 3. The van der Waals surface area contributed by atoms with Crippen molar-refractivity contribution in [2.24, 2.45) is 5.73 Å². The Morgan fingerprint density at radius 3 is 2.15 bits per heavy atom. The molecular weight excluding hydrogens is 569 g/mol. The molecule has 0 aliphatic carbocycles. The molecule has 1 atom stereocenters. The molecule has 2 aromatic rings. The number of amidine groups is 1. The number of aliphatic carboxylic acids is 1. The molecule has 0 heterocycles. The van der Waals surface area contributed by atoms with Crippen molar-refractivity contribution >= 4 is 50.7 Å². The third-order valence-electron chi connectivity index (χ3n) is 4.77. The average Bonchev–Trinajstić information content (AvgIpc) is 2.82. The number of sulfone groups is 1. The van der Waals surface area contributed by atoms with Crippen molar-refractivity contribution in [2.45, 2.75) is 30.5 Å². The Morgan fingerprint density at radius 1 is 1.13 bits per heavy atom. The molecule has 0 aliphatic rings. The van der Waals surface area contributed by atoms with E-state index in [4.69, 9.17) is 37.4 Å². The lowest BCUT2D eigenvalue weighted by molar-refractivity contribution is -0.192. The number of amides is 2. The van der Waals surface area contributed by atoms with Crippen LogP contribution < -0.4 is 16.4 Å². The van der Waals surface area contributed by atoms with Gasteiger partial charge < -0.3 is 26.2 Å². The zero-order chi connectivity index (χ0) is 30.0. The van der Waals surface area contributed by atoms with Gasteiger partial charge in [-0.3, -0.25) is 15.0 Å². The van der Waals surface area contributed by atoms with Gasteiger partial charge in [-0.05, 0) is 48.9 Å². The molecule has 0 bridgehead atoms. The van der Waals surface area contributed by atoms with Crippen LogP contribution in [0.5, 0.6) is 0 Å². The van der Waals surface area contributed by atoms with E-state index in [-0.39, 0.29) is 28.1 Å². The minimum absolute atomic E-state index is 0.00587. The second-order valence-electron chi connectivity index (χ2n) is 7.81. The highest BCUT2D eigenvalue weighted by Gasteiger charge is 2.38. The summed E-state index contributed by atoms with van der Waals surface area (Å²) >= 11 is 6.16. The summed E-state index contributed by atoms with van der Waals surface area (Å²) in [6, 6.07) is 10.3. The van der Waals surface area contributed by atoms with E-state index in [9.17, 15) is 31.2 Å². The van der Waals surface area contributed by atoms with Crippen molar-refractivity contribution < 1.29 is 45.8 Å². The molecule has 0 spiro atoms. The molecule has 2 rings (SSSR count). The quantitative estimate of drug-likeness (QED) is 0.158. The monoisotopic (exact) mass is 594 g/mol. The van der Waals surface area contributed by atoms with E-state index in [1.54, 1.807) is 37.3 Å². The molecule has 0 saturated carbocycles. The molecule has 2 aromatic carbocycles. The maximum absolute atomic E-state index is 12.3. The van der Waals surface area contributed by atoms with E-state index in [0.717, 1.165) is 0 Å². The number of benzene rings is 2. The van der Waals surface area contributed by atoms with Crippen LogP contribution in [0.15, 0.2) is 47.4 Å². The third kappa shape index (κ3) is 11.3. The highest BCUT2D eigenvalue weighted by molar-refractivity contribution is 7.91. The number of anilines is 1. The van der Waals surface area contributed by atoms with Gasteiger partial charge in [-0.1, -0.05) is 17.7 Å². The van der Waals surface area contributed by atoms with Crippen molar-refractivity contribution in [3.63, 3.8) is 0 Å². The number of hydrogen-bond acceptors (Lipinski definition) is 7. The summed E-state index contributed by atoms with van der Waals surface area (Å²) in [6.45, 7) is 1.75. The first-order valence-corrected chi connectivity index (χ1v) is 12.9. The zero-order valence-corrected chi connectivity index (χ0v) is 22.2. The maximum atomic E-state index is 12.3. The molecule has 0 fully saturated rings. The molecule has 0 radical (unpaired) electrons. The fraction of sp³-hybridized carbons (Fsp3) is 0.304. The predicted molar refractivity (Wildman–Crippen MR) is 136 cm³/mol. The molecule has 0 aliphatic heterocycles. The number of ether oxygens (including phenoxy) is 1. The van der Waals surface area contributed by atoms with E-state index in [1.165, 1.54) is 19.2 Å². The van der Waals surface area contributed by atoms with E-state index in [2.05, 4.69) is 10.6 Å². The van der Waals surface area contributed by atoms with Crippen LogP contribution in [0.3, 0.4) is 0 Å². The number of halogens is 4. The zero-order valence-electron chi connectivity index (χ0n) is 20.6. The number of hydrogen-bond donors (Lipinski definition) is 5. The molecule has 2 amide bonds. The van der Waals surface area contributed by atoms with Gasteiger partial charge in [0.25, 0.3) is 0 Å². The molecule has 16 heteroatoms. The second kappa shape index (κ2) is 14.5. The van der Waals surface area contributed by atoms with Crippen molar-refractivity contribution in [3.8, 4) is 0 Å². The van der Waals surface area contributed by atoms with Crippen LogP contribution in [0.2, 0.25) is 5.02 Å². The highest BCUT2D eigenvalue weighted by atomic mass is 35.5. The fourth-order valence-electron chi connectivity index (χ4n) is 2.80. The summed E-state index contributed by atoms with van der Waals surface area (Å²) in [6.07, 6.45) is -5.49. The molecule has 6 N–H and O–H groups in total. The minimum Gasteiger partial charge on any atom is -0.475 e. The van der Waals surface area contributed by atoms with Gasteiger partial charge in [-0.15, -0.1) is 0 Å². The number of rotatable bonds is 10. The number of nitrogens with two attached hydrogens (primary N) is 1. The molecule has 0 aromatic heterocycles. The molecular formula is C23H26ClF3N4O7S. The van der Waals surface area contributed by atoms with Crippen LogP contribution in [0.4, 0.5) is 18.9 Å². The Labute approximate surface area is 226 Å². The van der Waals surface area contributed by atoms with Crippen LogP contribution >= 0.6 is 11.6 Å². The average molecular weight is 595 g/mol. The van der Waals surface area contributed by atoms with Crippen molar-refractivity contribution in [1.29, 1.82) is 5.41 Å². The predicted octanol–water partition coefficient (Wildman–Crippen LogP) is 2.88. The van der Waals surface area contributed by atoms with Crippen LogP contribution in [0, 0.1) is 5.41 Å². The normalized spacial score (nSPS) is 11.9. The summed E-state index contributed by atoms with van der Waals surface area (Å²) in [7, 11) is -2.18. The maximum Gasteiger partial charge on any atom is 0.490 e.